The van der Waals surface area contributed by atoms with E-state index >= 15 is 0 Å². The number of furan rings is 1. The monoisotopic (exact) mass is 305 g/mol. The van der Waals surface area contributed by atoms with Gasteiger partial charge in [0.05, 0.1) is 0 Å². The number of carbonyl (C=O) groups is 1. The first-order valence-electron chi connectivity index (χ1n) is 7.56. The lowest BCUT2D eigenvalue weighted by Crippen LogP contribution is -2.25. The van der Waals surface area contributed by atoms with Gasteiger partial charge in [-0.25, -0.2) is 0 Å². The summed E-state index contributed by atoms with van der Waals surface area (Å²) in [6.45, 7) is 4.04. The van der Waals surface area contributed by atoms with Gasteiger partial charge in [0.2, 0.25) is 0 Å². The van der Waals surface area contributed by atoms with Crippen LogP contribution in [0.5, 0.6) is 0 Å². The zero-order valence-electron chi connectivity index (χ0n) is 13.5. The van der Waals surface area contributed by atoms with Crippen molar-refractivity contribution in [3.05, 3.63) is 77.6 Å². The van der Waals surface area contributed by atoms with Crippen molar-refractivity contribution in [2.75, 3.05) is 11.9 Å². The lowest BCUT2D eigenvalue weighted by molar-refractivity contribution is 0.0967. The summed E-state index contributed by atoms with van der Waals surface area (Å²) in [6, 6.07) is 19.4. The van der Waals surface area contributed by atoms with Gasteiger partial charge >= 0.3 is 0 Å². The SMILES string of the molecule is Cc1cccc(-c2ccc(C(=O)N(C)c3cccc(C)c3)o2)c1. The second-order valence-corrected chi connectivity index (χ2v) is 5.74. The van der Waals surface area contributed by atoms with Crippen LogP contribution >= 0.6 is 0 Å². The van der Waals surface area contributed by atoms with Crippen molar-refractivity contribution >= 4 is 11.6 Å². The molecule has 3 rings (SSSR count). The van der Waals surface area contributed by atoms with E-state index in [4.69, 9.17) is 4.42 Å². The highest BCUT2D eigenvalue weighted by atomic mass is 16.4. The Morgan fingerprint density at radius 2 is 1.61 bits per heavy atom. The van der Waals surface area contributed by atoms with E-state index in [1.807, 2.05) is 68.4 Å². The van der Waals surface area contributed by atoms with Crippen molar-refractivity contribution in [1.29, 1.82) is 0 Å². The van der Waals surface area contributed by atoms with E-state index in [1.165, 1.54) is 0 Å². The van der Waals surface area contributed by atoms with Crippen LogP contribution in [-0.2, 0) is 0 Å². The van der Waals surface area contributed by atoms with Gasteiger partial charge < -0.3 is 9.32 Å². The zero-order chi connectivity index (χ0) is 16.4. The van der Waals surface area contributed by atoms with Crippen molar-refractivity contribution in [1.82, 2.24) is 0 Å². The molecule has 0 radical (unpaired) electrons. The molecule has 3 nitrogen and oxygen atoms in total. The van der Waals surface area contributed by atoms with E-state index < -0.39 is 0 Å². The molecule has 3 aromatic rings. The van der Waals surface area contributed by atoms with Crippen LogP contribution in [0.1, 0.15) is 21.7 Å². The first kappa shape index (κ1) is 15.1. The van der Waals surface area contributed by atoms with Crippen LogP contribution in [0.3, 0.4) is 0 Å². The molecule has 23 heavy (non-hydrogen) atoms. The fraction of sp³-hybridized carbons (Fsp3) is 0.150. The lowest BCUT2D eigenvalue weighted by Gasteiger charge is -2.16. The van der Waals surface area contributed by atoms with Gasteiger partial charge in [0.25, 0.3) is 5.91 Å². The number of benzene rings is 2. The van der Waals surface area contributed by atoms with E-state index in [2.05, 4.69) is 0 Å². The average molecular weight is 305 g/mol. The van der Waals surface area contributed by atoms with Gasteiger partial charge in [-0.3, -0.25) is 4.79 Å². The van der Waals surface area contributed by atoms with E-state index in [9.17, 15) is 4.79 Å². The Hall–Kier alpha value is -2.81. The summed E-state index contributed by atoms with van der Waals surface area (Å²) >= 11 is 0. The van der Waals surface area contributed by atoms with Crippen LogP contribution in [0.25, 0.3) is 11.3 Å². The molecule has 0 bridgehead atoms. The highest BCUT2D eigenvalue weighted by molar-refractivity contribution is 6.04. The number of anilines is 1. The molecular weight excluding hydrogens is 286 g/mol. The minimum atomic E-state index is -0.158. The van der Waals surface area contributed by atoms with E-state index in [-0.39, 0.29) is 5.91 Å². The topological polar surface area (TPSA) is 33.5 Å². The second kappa shape index (κ2) is 6.13. The zero-order valence-corrected chi connectivity index (χ0v) is 13.5. The van der Waals surface area contributed by atoms with Crippen LogP contribution < -0.4 is 4.90 Å². The Morgan fingerprint density at radius 1 is 0.913 bits per heavy atom. The molecule has 0 aliphatic carbocycles. The third-order valence-electron chi connectivity index (χ3n) is 3.81. The molecule has 0 spiro atoms. The molecule has 0 aliphatic heterocycles. The van der Waals surface area contributed by atoms with Crippen LogP contribution in [0.2, 0.25) is 0 Å². The molecule has 1 heterocycles. The van der Waals surface area contributed by atoms with Gasteiger partial charge in [-0.1, -0.05) is 35.9 Å². The lowest BCUT2D eigenvalue weighted by atomic mass is 10.1. The molecular formula is C20H19NO2. The van der Waals surface area contributed by atoms with Crippen molar-refractivity contribution < 1.29 is 9.21 Å². The third-order valence-corrected chi connectivity index (χ3v) is 3.81. The van der Waals surface area contributed by atoms with E-state index in [0.29, 0.717) is 11.5 Å². The molecule has 0 saturated heterocycles. The highest BCUT2D eigenvalue weighted by Crippen LogP contribution is 2.25. The number of rotatable bonds is 3. The quantitative estimate of drug-likeness (QED) is 0.693. The first-order valence-corrected chi connectivity index (χ1v) is 7.56. The molecule has 0 aliphatic rings. The summed E-state index contributed by atoms with van der Waals surface area (Å²) in [4.78, 5) is 14.2. The normalized spacial score (nSPS) is 10.6. The van der Waals surface area contributed by atoms with Crippen molar-refractivity contribution in [2.24, 2.45) is 0 Å². The summed E-state index contributed by atoms with van der Waals surface area (Å²) in [5.74, 6) is 0.884. The predicted octanol–water partition coefficient (Wildman–Crippen LogP) is 4.84. The minimum absolute atomic E-state index is 0.158. The molecule has 116 valence electrons. The average Bonchev–Trinajstić information content (AvgIpc) is 3.03. The second-order valence-electron chi connectivity index (χ2n) is 5.74. The minimum Gasteiger partial charge on any atom is -0.451 e. The van der Waals surface area contributed by atoms with Gasteiger partial charge in [-0.05, 0) is 49.7 Å². The van der Waals surface area contributed by atoms with Crippen LogP contribution in [-0.4, -0.2) is 13.0 Å². The number of hydrogen-bond donors (Lipinski definition) is 0. The third kappa shape index (κ3) is 3.19. The Bertz CT molecular complexity index is 848. The summed E-state index contributed by atoms with van der Waals surface area (Å²) < 4.78 is 5.77. The molecule has 0 saturated carbocycles. The Morgan fingerprint density at radius 3 is 2.30 bits per heavy atom. The fourth-order valence-corrected chi connectivity index (χ4v) is 2.53. The number of hydrogen-bond acceptors (Lipinski definition) is 2. The van der Waals surface area contributed by atoms with E-state index in [0.717, 1.165) is 22.4 Å². The largest absolute Gasteiger partial charge is 0.451 e. The van der Waals surface area contributed by atoms with Gasteiger partial charge in [0, 0.05) is 18.3 Å². The van der Waals surface area contributed by atoms with Crippen LogP contribution in [0.15, 0.2) is 65.1 Å². The molecule has 1 aromatic heterocycles. The van der Waals surface area contributed by atoms with Gasteiger partial charge in [0.15, 0.2) is 5.76 Å². The molecule has 3 heteroatoms. The van der Waals surface area contributed by atoms with Crippen LogP contribution in [0, 0.1) is 13.8 Å². The molecule has 2 aromatic carbocycles. The van der Waals surface area contributed by atoms with Gasteiger partial charge in [-0.2, -0.15) is 0 Å². The number of aryl methyl sites for hydroxylation is 2. The van der Waals surface area contributed by atoms with Crippen molar-refractivity contribution in [3.63, 3.8) is 0 Å². The summed E-state index contributed by atoms with van der Waals surface area (Å²) in [6.07, 6.45) is 0. The standard InChI is InChI=1S/C20H19NO2/c1-14-6-4-8-16(12-14)18-10-11-19(23-18)20(22)21(3)17-9-5-7-15(2)13-17/h4-13H,1-3H3. The molecule has 1 amide bonds. The maximum absolute atomic E-state index is 12.6. The van der Waals surface area contributed by atoms with Gasteiger partial charge in [-0.15, -0.1) is 0 Å². The smallest absolute Gasteiger partial charge is 0.293 e. The summed E-state index contributed by atoms with van der Waals surface area (Å²) in [7, 11) is 1.76. The number of amides is 1. The van der Waals surface area contributed by atoms with Crippen molar-refractivity contribution in [2.45, 2.75) is 13.8 Å². The van der Waals surface area contributed by atoms with E-state index in [1.54, 1.807) is 18.0 Å². The number of carbonyl (C=O) groups excluding carboxylic acids is 1. The Kier molecular flexibility index (Phi) is 4.02. The van der Waals surface area contributed by atoms with Crippen LogP contribution in [0.4, 0.5) is 5.69 Å². The summed E-state index contributed by atoms with van der Waals surface area (Å²) in [5.41, 5.74) is 4.09. The Balaban J connectivity index is 1.86. The molecule has 0 N–H and O–H groups in total. The first-order chi connectivity index (χ1) is 11.0. The molecule has 0 fully saturated rings. The maximum atomic E-state index is 12.6. The Labute approximate surface area is 136 Å². The fourth-order valence-electron chi connectivity index (χ4n) is 2.53. The predicted molar refractivity (Wildman–Crippen MR) is 92.8 cm³/mol. The van der Waals surface area contributed by atoms with Gasteiger partial charge in [0.1, 0.15) is 5.76 Å². The van der Waals surface area contributed by atoms with Crippen molar-refractivity contribution in [3.8, 4) is 11.3 Å². The molecule has 0 atom stereocenters. The molecule has 0 unspecified atom stereocenters. The highest BCUT2D eigenvalue weighted by Gasteiger charge is 2.18. The number of nitrogens with zero attached hydrogens (tertiary/aromatic N) is 1. The maximum Gasteiger partial charge on any atom is 0.293 e. The summed E-state index contributed by atoms with van der Waals surface area (Å²) in [5, 5.41) is 0.